The zero-order valence-electron chi connectivity index (χ0n) is 20.6. The Hall–Kier alpha value is -2.70. The summed E-state index contributed by atoms with van der Waals surface area (Å²) >= 11 is 0. The van der Waals surface area contributed by atoms with Crippen molar-refractivity contribution < 1.29 is 27.2 Å². The molecule has 0 heterocycles. The third kappa shape index (κ3) is 10.5. The molecule has 0 fully saturated rings. The Morgan fingerprint density at radius 1 is 0.882 bits per heavy atom. The number of benzene rings is 2. The third-order valence-corrected chi connectivity index (χ3v) is 5.22. The molecule has 7 heteroatoms. The summed E-state index contributed by atoms with van der Waals surface area (Å²) in [7, 11) is 0. The van der Waals surface area contributed by atoms with E-state index in [1.54, 1.807) is 5.32 Å². The van der Waals surface area contributed by atoms with Crippen LogP contribution in [0.3, 0.4) is 0 Å². The van der Waals surface area contributed by atoms with Crippen molar-refractivity contribution in [2.75, 3.05) is 6.54 Å². The van der Waals surface area contributed by atoms with Gasteiger partial charge in [0.1, 0.15) is 5.78 Å². The van der Waals surface area contributed by atoms with Gasteiger partial charge in [0.25, 0.3) is 11.8 Å². The number of unbranched alkanes of at least 4 members (excludes halogenated alkanes) is 1. The van der Waals surface area contributed by atoms with E-state index in [2.05, 4.69) is 32.0 Å². The Labute approximate surface area is 200 Å². The zero-order valence-corrected chi connectivity index (χ0v) is 20.6. The number of aryl methyl sites for hydroxylation is 2. The molecule has 0 radical (unpaired) electrons. The molecule has 0 saturated carbocycles. The lowest BCUT2D eigenvalue weighted by atomic mass is 9.95. The molecule has 1 N–H and O–H groups in total. The second kappa shape index (κ2) is 13.3. The number of carbonyl (C=O) groups is 2. The van der Waals surface area contributed by atoms with Crippen molar-refractivity contribution in [3.05, 3.63) is 70.3 Å². The lowest BCUT2D eigenvalue weighted by molar-refractivity contribution is -0.143. The Balaban J connectivity index is 0.000000445. The van der Waals surface area contributed by atoms with Gasteiger partial charge in [0.05, 0.1) is 6.54 Å². The molecule has 0 aliphatic carbocycles. The zero-order chi connectivity index (χ0) is 25.9. The molecule has 0 bridgehead atoms. The summed E-state index contributed by atoms with van der Waals surface area (Å²) in [4.78, 5) is 20.6. The van der Waals surface area contributed by atoms with E-state index in [0.29, 0.717) is 6.92 Å². The Morgan fingerprint density at radius 3 is 1.94 bits per heavy atom. The summed E-state index contributed by atoms with van der Waals surface area (Å²) in [6.07, 6.45) is 5.39. The first kappa shape index (κ1) is 29.3. The number of nitrogens with one attached hydrogen (secondary N) is 1. The lowest BCUT2D eigenvalue weighted by Gasteiger charge is -2.12. The molecule has 1 amide bonds. The van der Waals surface area contributed by atoms with E-state index >= 15 is 0 Å². The van der Waals surface area contributed by atoms with Gasteiger partial charge in [-0.25, -0.2) is 8.78 Å². The first-order valence-corrected chi connectivity index (χ1v) is 11.5. The Morgan fingerprint density at radius 2 is 1.47 bits per heavy atom. The minimum atomic E-state index is -3.41. The summed E-state index contributed by atoms with van der Waals surface area (Å²) in [5.74, 6) is -7.96. The van der Waals surface area contributed by atoms with E-state index in [1.807, 2.05) is 12.1 Å². The minimum absolute atomic E-state index is 0.0745. The van der Waals surface area contributed by atoms with Gasteiger partial charge < -0.3 is 5.32 Å². The van der Waals surface area contributed by atoms with Gasteiger partial charge in [-0.15, -0.1) is 0 Å². The van der Waals surface area contributed by atoms with Crippen molar-refractivity contribution in [2.45, 2.75) is 78.6 Å². The van der Waals surface area contributed by atoms with Gasteiger partial charge in [0.2, 0.25) is 0 Å². The van der Waals surface area contributed by atoms with Gasteiger partial charge in [-0.1, -0.05) is 62.7 Å². The average molecular weight is 482 g/mol. The number of amides is 1. The van der Waals surface area contributed by atoms with Gasteiger partial charge in [-0.3, -0.25) is 9.59 Å². The van der Waals surface area contributed by atoms with Crippen LogP contribution in [-0.2, 0) is 34.8 Å². The summed E-state index contributed by atoms with van der Waals surface area (Å²) in [6, 6.07) is 13.4. The topological polar surface area (TPSA) is 46.2 Å². The van der Waals surface area contributed by atoms with Crippen LogP contribution >= 0.6 is 0 Å². The number of halogens is 4. The Bertz CT molecular complexity index is 929. The van der Waals surface area contributed by atoms with Crippen LogP contribution in [0.1, 0.15) is 75.3 Å². The van der Waals surface area contributed by atoms with E-state index in [-0.39, 0.29) is 17.9 Å². The minimum Gasteiger partial charge on any atom is -0.344 e. The van der Waals surface area contributed by atoms with E-state index in [4.69, 9.17) is 0 Å². The van der Waals surface area contributed by atoms with Crippen molar-refractivity contribution >= 4 is 11.7 Å². The Kier molecular flexibility index (Phi) is 11.4. The number of alkyl halides is 4. The maximum Gasteiger partial charge on any atom is 0.321 e. The number of carbonyl (C=O) groups excluding carboxylic acids is 2. The summed E-state index contributed by atoms with van der Waals surface area (Å²) in [5, 5.41) is 1.78. The van der Waals surface area contributed by atoms with Gasteiger partial charge >= 0.3 is 5.92 Å². The summed E-state index contributed by atoms with van der Waals surface area (Å²) in [5.41, 5.74) is 5.25. The molecule has 2 aromatic rings. The second-order valence-corrected chi connectivity index (χ2v) is 8.60. The molecule has 2 rings (SSSR count). The van der Waals surface area contributed by atoms with E-state index < -0.39 is 17.8 Å². The molecule has 0 unspecified atom stereocenters. The normalized spacial score (nSPS) is 11.4. The molecular weight excluding hydrogens is 446 g/mol. The van der Waals surface area contributed by atoms with E-state index in [9.17, 15) is 27.2 Å². The number of ketones is 1. The number of rotatable bonds is 10. The van der Waals surface area contributed by atoms with Gasteiger partial charge in [-0.2, -0.15) is 8.78 Å². The molecule has 0 aromatic heterocycles. The molecule has 0 aliphatic heterocycles. The summed E-state index contributed by atoms with van der Waals surface area (Å²) in [6.45, 7) is 6.67. The highest BCUT2D eigenvalue weighted by Gasteiger charge is 2.31. The maximum atomic E-state index is 13.3. The molecule has 34 heavy (non-hydrogen) atoms. The van der Waals surface area contributed by atoms with Crippen molar-refractivity contribution in [1.82, 2.24) is 5.32 Å². The highest BCUT2D eigenvalue weighted by atomic mass is 19.3. The smallest absolute Gasteiger partial charge is 0.321 e. The SMILES string of the molecule is CC(=O)CNC(=O)C(C)(F)F.CCCCc1ccc(Cc2ccc(C(C)(F)F)cc2)cc1CC. The fourth-order valence-corrected chi connectivity index (χ4v) is 3.24. The highest BCUT2D eigenvalue weighted by Crippen LogP contribution is 2.27. The van der Waals surface area contributed by atoms with Crippen LogP contribution in [0.15, 0.2) is 42.5 Å². The first-order chi connectivity index (χ1) is 15.8. The fourth-order valence-electron chi connectivity index (χ4n) is 3.24. The van der Waals surface area contributed by atoms with Crippen LogP contribution in [-0.4, -0.2) is 24.2 Å². The summed E-state index contributed by atoms with van der Waals surface area (Å²) < 4.78 is 50.6. The van der Waals surface area contributed by atoms with Crippen LogP contribution in [0, 0.1) is 0 Å². The van der Waals surface area contributed by atoms with Crippen LogP contribution in [0.5, 0.6) is 0 Å². The van der Waals surface area contributed by atoms with Gasteiger partial charge in [0, 0.05) is 19.4 Å². The lowest BCUT2D eigenvalue weighted by Crippen LogP contribution is -2.39. The standard InChI is InChI=1S/C21H26F2.C6H9F2NO2/c1-4-6-7-19-11-8-17(15-18(19)5-2)14-16-9-12-20(13-10-16)21(3,22)23;1-4(10)3-9-5(11)6(2,7)8/h8-13,15H,4-7,14H2,1-3H3;3H2,1-2H3,(H,9,11). The van der Waals surface area contributed by atoms with E-state index in [0.717, 1.165) is 31.7 Å². The molecule has 3 nitrogen and oxygen atoms in total. The molecule has 0 atom stereocenters. The van der Waals surface area contributed by atoms with Crippen LogP contribution < -0.4 is 5.32 Å². The molecule has 0 aliphatic rings. The first-order valence-electron chi connectivity index (χ1n) is 11.5. The number of hydrogen-bond acceptors (Lipinski definition) is 2. The van der Waals surface area contributed by atoms with Crippen molar-refractivity contribution in [1.29, 1.82) is 0 Å². The van der Waals surface area contributed by atoms with Crippen molar-refractivity contribution in [3.63, 3.8) is 0 Å². The molecule has 2 aromatic carbocycles. The number of Topliss-reactive ketones (excluding diaryl/α,β-unsaturated/α-hetero) is 1. The fraction of sp³-hybridized carbons (Fsp3) is 0.481. The molecular formula is C27H35F4NO2. The highest BCUT2D eigenvalue weighted by molar-refractivity contribution is 5.87. The van der Waals surface area contributed by atoms with Crippen molar-refractivity contribution in [3.8, 4) is 0 Å². The molecule has 188 valence electrons. The average Bonchev–Trinajstić information content (AvgIpc) is 2.76. The van der Waals surface area contributed by atoms with Crippen LogP contribution in [0.2, 0.25) is 0 Å². The van der Waals surface area contributed by atoms with Crippen LogP contribution in [0.25, 0.3) is 0 Å². The van der Waals surface area contributed by atoms with E-state index in [1.165, 1.54) is 48.6 Å². The molecule has 0 spiro atoms. The number of hydrogen-bond donors (Lipinski definition) is 1. The van der Waals surface area contributed by atoms with Crippen LogP contribution in [0.4, 0.5) is 17.6 Å². The largest absolute Gasteiger partial charge is 0.344 e. The maximum absolute atomic E-state index is 13.3. The van der Waals surface area contributed by atoms with Gasteiger partial charge in [0.15, 0.2) is 0 Å². The third-order valence-electron chi connectivity index (χ3n) is 5.22. The molecule has 0 saturated heterocycles. The second-order valence-electron chi connectivity index (χ2n) is 8.60. The predicted molar refractivity (Wildman–Crippen MR) is 128 cm³/mol. The monoisotopic (exact) mass is 481 g/mol. The van der Waals surface area contributed by atoms with Gasteiger partial charge in [-0.05, 0) is 54.9 Å². The quantitative estimate of drug-likeness (QED) is 0.387. The van der Waals surface area contributed by atoms with Crippen molar-refractivity contribution in [2.24, 2.45) is 0 Å². The predicted octanol–water partition coefficient (Wildman–Crippen LogP) is 6.64.